The van der Waals surface area contributed by atoms with E-state index in [0.29, 0.717) is 12.4 Å². The van der Waals surface area contributed by atoms with Crippen LogP contribution in [-0.4, -0.2) is 26.7 Å². The van der Waals surface area contributed by atoms with Gasteiger partial charge in [-0.05, 0) is 24.1 Å². The zero-order chi connectivity index (χ0) is 15.1. The molecule has 1 heterocycles. The van der Waals surface area contributed by atoms with Crippen molar-refractivity contribution in [2.45, 2.75) is 20.0 Å². The fourth-order valence-corrected chi connectivity index (χ4v) is 1.52. The van der Waals surface area contributed by atoms with E-state index in [2.05, 4.69) is 20.4 Å². The standard InChI is InChI=1S/C13H17N5O3/c1-2-6-20-12-15-11(18-14)16-13(17-12)21-10-5-3-4-9(7-10)8-19/h3-5,7,19H,2,6,8,14H2,1H3,(H,15,16,17,18). The first kappa shape index (κ1) is 14.9. The van der Waals surface area contributed by atoms with E-state index < -0.39 is 0 Å². The van der Waals surface area contributed by atoms with Crippen molar-refractivity contribution in [1.82, 2.24) is 15.0 Å². The minimum atomic E-state index is -0.0745. The van der Waals surface area contributed by atoms with E-state index in [0.717, 1.165) is 12.0 Å². The average Bonchev–Trinajstić information content (AvgIpc) is 2.52. The van der Waals surface area contributed by atoms with Gasteiger partial charge in [-0.15, -0.1) is 4.98 Å². The molecule has 0 atom stereocenters. The van der Waals surface area contributed by atoms with Crippen LogP contribution in [-0.2, 0) is 6.61 Å². The summed E-state index contributed by atoms with van der Waals surface area (Å²) in [7, 11) is 0. The SMILES string of the molecule is CCCOc1nc(NN)nc(Oc2cccc(CO)c2)n1. The summed E-state index contributed by atoms with van der Waals surface area (Å²) in [5.41, 5.74) is 3.05. The fourth-order valence-electron chi connectivity index (χ4n) is 1.52. The molecular formula is C13H17N5O3. The Labute approximate surface area is 121 Å². The van der Waals surface area contributed by atoms with E-state index in [1.54, 1.807) is 24.3 Å². The minimum absolute atomic E-state index is 0.0548. The van der Waals surface area contributed by atoms with Gasteiger partial charge in [0.15, 0.2) is 0 Å². The molecular weight excluding hydrogens is 274 g/mol. The quantitative estimate of drug-likeness (QED) is 0.515. The van der Waals surface area contributed by atoms with Crippen LogP contribution in [0.4, 0.5) is 5.95 Å². The molecule has 2 rings (SSSR count). The molecule has 0 aliphatic carbocycles. The summed E-state index contributed by atoms with van der Waals surface area (Å²) in [6, 6.07) is 7.14. The Morgan fingerprint density at radius 3 is 2.76 bits per heavy atom. The first-order chi connectivity index (χ1) is 10.2. The molecule has 0 amide bonds. The van der Waals surface area contributed by atoms with Gasteiger partial charge in [0.2, 0.25) is 5.95 Å². The highest BCUT2D eigenvalue weighted by Gasteiger charge is 2.09. The smallest absolute Gasteiger partial charge is 0.330 e. The number of nitrogen functional groups attached to an aromatic ring is 1. The van der Waals surface area contributed by atoms with Crippen molar-refractivity contribution in [1.29, 1.82) is 0 Å². The van der Waals surface area contributed by atoms with Crippen molar-refractivity contribution in [3.8, 4) is 17.8 Å². The molecule has 0 spiro atoms. The second-order valence-electron chi connectivity index (χ2n) is 4.12. The van der Waals surface area contributed by atoms with Crippen LogP contribution < -0.4 is 20.7 Å². The van der Waals surface area contributed by atoms with E-state index in [4.69, 9.17) is 20.4 Å². The van der Waals surface area contributed by atoms with Crippen LogP contribution in [0.15, 0.2) is 24.3 Å². The van der Waals surface area contributed by atoms with E-state index in [9.17, 15) is 0 Å². The van der Waals surface area contributed by atoms with Gasteiger partial charge in [0, 0.05) is 0 Å². The number of aromatic nitrogens is 3. The Kier molecular flexibility index (Phi) is 5.24. The Bertz CT molecular complexity index is 594. The molecule has 0 saturated carbocycles. The van der Waals surface area contributed by atoms with Crippen LogP contribution in [0.25, 0.3) is 0 Å². The molecule has 0 saturated heterocycles. The zero-order valence-electron chi connectivity index (χ0n) is 11.6. The number of nitrogens with zero attached hydrogens (tertiary/aromatic N) is 3. The molecule has 0 aliphatic rings. The van der Waals surface area contributed by atoms with Gasteiger partial charge in [-0.3, -0.25) is 5.43 Å². The van der Waals surface area contributed by atoms with Crippen molar-refractivity contribution in [2.75, 3.05) is 12.0 Å². The predicted molar refractivity (Wildman–Crippen MR) is 75.9 cm³/mol. The Hall–Kier alpha value is -2.45. The molecule has 1 aromatic heterocycles. The van der Waals surface area contributed by atoms with Crippen LogP contribution in [0, 0.1) is 0 Å². The lowest BCUT2D eigenvalue weighted by Crippen LogP contribution is -2.13. The van der Waals surface area contributed by atoms with Gasteiger partial charge in [0.25, 0.3) is 0 Å². The maximum Gasteiger partial charge on any atom is 0.330 e. The lowest BCUT2D eigenvalue weighted by atomic mass is 10.2. The second-order valence-corrected chi connectivity index (χ2v) is 4.12. The first-order valence-electron chi connectivity index (χ1n) is 6.48. The molecule has 21 heavy (non-hydrogen) atoms. The number of aliphatic hydroxyl groups excluding tert-OH is 1. The number of nitrogens with two attached hydrogens (primary N) is 1. The molecule has 1 aromatic carbocycles. The third-order valence-corrected chi connectivity index (χ3v) is 2.45. The topological polar surface area (TPSA) is 115 Å². The van der Waals surface area contributed by atoms with Crippen molar-refractivity contribution in [3.05, 3.63) is 29.8 Å². The number of rotatable bonds is 7. The highest BCUT2D eigenvalue weighted by molar-refractivity contribution is 5.32. The number of hydrazine groups is 1. The maximum atomic E-state index is 9.11. The summed E-state index contributed by atoms with van der Waals surface area (Å²) < 4.78 is 10.9. The van der Waals surface area contributed by atoms with Crippen molar-refractivity contribution < 1.29 is 14.6 Å². The van der Waals surface area contributed by atoms with Crippen LogP contribution in [0.3, 0.4) is 0 Å². The Balaban J connectivity index is 2.21. The molecule has 8 nitrogen and oxygen atoms in total. The van der Waals surface area contributed by atoms with E-state index >= 15 is 0 Å². The number of anilines is 1. The molecule has 0 radical (unpaired) electrons. The highest BCUT2D eigenvalue weighted by atomic mass is 16.5. The molecule has 0 unspecified atom stereocenters. The van der Waals surface area contributed by atoms with E-state index in [1.165, 1.54) is 0 Å². The molecule has 2 aromatic rings. The van der Waals surface area contributed by atoms with Crippen molar-refractivity contribution in [3.63, 3.8) is 0 Å². The lowest BCUT2D eigenvalue weighted by Gasteiger charge is -2.08. The van der Waals surface area contributed by atoms with Crippen LogP contribution in [0.1, 0.15) is 18.9 Å². The molecule has 0 bridgehead atoms. The van der Waals surface area contributed by atoms with Crippen LogP contribution in [0.2, 0.25) is 0 Å². The summed E-state index contributed by atoms with van der Waals surface area (Å²) in [5.74, 6) is 5.95. The second kappa shape index (κ2) is 7.36. The predicted octanol–water partition coefficient (Wildman–Crippen LogP) is 1.23. The Morgan fingerprint density at radius 2 is 2.05 bits per heavy atom. The van der Waals surface area contributed by atoms with E-state index in [1.807, 2.05) is 6.92 Å². The normalized spacial score (nSPS) is 10.2. The van der Waals surface area contributed by atoms with Crippen molar-refractivity contribution in [2.24, 2.45) is 5.84 Å². The van der Waals surface area contributed by atoms with Crippen molar-refractivity contribution >= 4 is 5.95 Å². The van der Waals surface area contributed by atoms with Gasteiger partial charge in [-0.1, -0.05) is 19.1 Å². The van der Waals surface area contributed by atoms with Gasteiger partial charge in [0.1, 0.15) is 5.75 Å². The number of hydrogen-bond donors (Lipinski definition) is 3. The molecule has 112 valence electrons. The van der Waals surface area contributed by atoms with Gasteiger partial charge < -0.3 is 14.6 Å². The number of ether oxygens (including phenoxy) is 2. The molecule has 0 aliphatic heterocycles. The highest BCUT2D eigenvalue weighted by Crippen LogP contribution is 2.21. The maximum absolute atomic E-state index is 9.11. The zero-order valence-corrected chi connectivity index (χ0v) is 11.6. The van der Waals surface area contributed by atoms with Crippen LogP contribution in [0.5, 0.6) is 17.8 Å². The number of hydrogen-bond acceptors (Lipinski definition) is 8. The summed E-state index contributed by atoms with van der Waals surface area (Å²) in [6.45, 7) is 2.38. The van der Waals surface area contributed by atoms with Crippen LogP contribution >= 0.6 is 0 Å². The van der Waals surface area contributed by atoms with Gasteiger partial charge in [0.05, 0.1) is 13.2 Å². The molecule has 8 heteroatoms. The first-order valence-corrected chi connectivity index (χ1v) is 6.48. The largest absolute Gasteiger partial charge is 0.463 e. The number of nitrogens with one attached hydrogen (secondary N) is 1. The Morgan fingerprint density at radius 1 is 1.24 bits per heavy atom. The lowest BCUT2D eigenvalue weighted by molar-refractivity contribution is 0.280. The van der Waals surface area contributed by atoms with Gasteiger partial charge in [-0.2, -0.15) is 9.97 Å². The minimum Gasteiger partial charge on any atom is -0.463 e. The summed E-state index contributed by atoms with van der Waals surface area (Å²) in [6.07, 6.45) is 0.825. The summed E-state index contributed by atoms with van der Waals surface area (Å²) in [5, 5.41) is 9.11. The average molecular weight is 291 g/mol. The monoisotopic (exact) mass is 291 g/mol. The number of benzene rings is 1. The van der Waals surface area contributed by atoms with Gasteiger partial charge >= 0.3 is 12.0 Å². The van der Waals surface area contributed by atoms with Gasteiger partial charge in [-0.25, -0.2) is 5.84 Å². The van der Waals surface area contributed by atoms with E-state index in [-0.39, 0.29) is 24.6 Å². The number of aliphatic hydroxyl groups is 1. The summed E-state index contributed by atoms with van der Waals surface area (Å²) >= 11 is 0. The third kappa shape index (κ3) is 4.26. The third-order valence-electron chi connectivity index (χ3n) is 2.45. The summed E-state index contributed by atoms with van der Waals surface area (Å²) in [4.78, 5) is 12.0. The fraction of sp³-hybridized carbons (Fsp3) is 0.308. The molecule has 0 fully saturated rings. The molecule has 4 N–H and O–H groups in total.